The number of carbonyl (C=O) groups excluding carboxylic acids is 3. The minimum Gasteiger partial charge on any atom is -0.452 e. The lowest BCUT2D eigenvalue weighted by molar-refractivity contribution is -0.157. The van der Waals surface area contributed by atoms with Crippen molar-refractivity contribution in [1.29, 1.82) is 0 Å². The molecule has 0 aliphatic carbocycles. The van der Waals surface area contributed by atoms with Gasteiger partial charge in [0.15, 0.2) is 17.7 Å². The average Bonchev–Trinajstić information content (AvgIpc) is 3.12. The number of halogens is 2. The Labute approximate surface area is 172 Å². The van der Waals surface area contributed by atoms with Crippen molar-refractivity contribution >= 4 is 23.5 Å². The van der Waals surface area contributed by atoms with Crippen LogP contribution in [0.3, 0.4) is 0 Å². The highest BCUT2D eigenvalue weighted by Gasteiger charge is 2.38. The van der Waals surface area contributed by atoms with Crippen LogP contribution in [0.15, 0.2) is 48.5 Å². The van der Waals surface area contributed by atoms with Crippen molar-refractivity contribution in [2.75, 3.05) is 11.9 Å². The maximum atomic E-state index is 13.3. The number of esters is 1. The van der Waals surface area contributed by atoms with Gasteiger partial charge >= 0.3 is 5.97 Å². The van der Waals surface area contributed by atoms with Crippen molar-refractivity contribution in [3.63, 3.8) is 0 Å². The SMILES string of the molecule is C[C@H](OC(=O)[C@H]1CC(=O)N([C@H](C)c2ccccc2)C1)C(=O)Nc1ccc(F)c(F)c1. The molecule has 8 heteroatoms. The first-order chi connectivity index (χ1) is 14.3. The predicted octanol–water partition coefficient (Wildman–Crippen LogP) is 3.44. The van der Waals surface area contributed by atoms with Gasteiger partial charge in [0.05, 0.1) is 12.0 Å². The van der Waals surface area contributed by atoms with Crippen molar-refractivity contribution in [3.05, 3.63) is 65.7 Å². The van der Waals surface area contributed by atoms with E-state index in [1.807, 2.05) is 37.3 Å². The molecule has 6 nitrogen and oxygen atoms in total. The molecule has 0 bridgehead atoms. The van der Waals surface area contributed by atoms with E-state index in [1.165, 1.54) is 13.0 Å². The summed E-state index contributed by atoms with van der Waals surface area (Å²) < 4.78 is 31.4. The Morgan fingerprint density at radius 2 is 1.80 bits per heavy atom. The molecule has 158 valence electrons. The van der Waals surface area contributed by atoms with Crippen LogP contribution in [-0.2, 0) is 19.1 Å². The first-order valence-electron chi connectivity index (χ1n) is 9.57. The molecule has 0 unspecified atom stereocenters. The van der Waals surface area contributed by atoms with Crippen LogP contribution in [0, 0.1) is 17.6 Å². The molecule has 1 heterocycles. The van der Waals surface area contributed by atoms with E-state index >= 15 is 0 Å². The molecular formula is C22H22F2N2O4. The number of nitrogens with one attached hydrogen (secondary N) is 1. The predicted molar refractivity (Wildman–Crippen MR) is 105 cm³/mol. The molecule has 0 spiro atoms. The van der Waals surface area contributed by atoms with Gasteiger partial charge in [0.1, 0.15) is 0 Å². The van der Waals surface area contributed by atoms with Gasteiger partial charge in [0.2, 0.25) is 5.91 Å². The summed E-state index contributed by atoms with van der Waals surface area (Å²) in [7, 11) is 0. The summed E-state index contributed by atoms with van der Waals surface area (Å²) in [6.07, 6.45) is -1.16. The van der Waals surface area contributed by atoms with Gasteiger partial charge in [0.25, 0.3) is 5.91 Å². The first-order valence-corrected chi connectivity index (χ1v) is 9.57. The number of carbonyl (C=O) groups is 3. The monoisotopic (exact) mass is 416 g/mol. The van der Waals surface area contributed by atoms with Crippen molar-refractivity contribution in [1.82, 2.24) is 4.90 Å². The second-order valence-corrected chi connectivity index (χ2v) is 7.23. The number of hydrogen-bond acceptors (Lipinski definition) is 4. The fourth-order valence-corrected chi connectivity index (χ4v) is 3.32. The van der Waals surface area contributed by atoms with Gasteiger partial charge in [-0.25, -0.2) is 8.78 Å². The van der Waals surface area contributed by atoms with Crippen LogP contribution in [0.4, 0.5) is 14.5 Å². The normalized spacial score (nSPS) is 18.1. The molecule has 0 saturated carbocycles. The van der Waals surface area contributed by atoms with E-state index in [0.29, 0.717) is 0 Å². The lowest BCUT2D eigenvalue weighted by Gasteiger charge is -2.25. The number of nitrogens with zero attached hydrogens (tertiary/aromatic N) is 1. The first kappa shape index (κ1) is 21.4. The van der Waals surface area contributed by atoms with Crippen LogP contribution in [0.5, 0.6) is 0 Å². The minimum absolute atomic E-state index is 0.00746. The van der Waals surface area contributed by atoms with Gasteiger partial charge in [-0.3, -0.25) is 14.4 Å². The number of benzene rings is 2. The molecule has 1 saturated heterocycles. The third-order valence-corrected chi connectivity index (χ3v) is 5.09. The van der Waals surface area contributed by atoms with E-state index in [4.69, 9.17) is 4.74 Å². The van der Waals surface area contributed by atoms with E-state index in [0.717, 1.165) is 17.7 Å². The topological polar surface area (TPSA) is 75.7 Å². The maximum Gasteiger partial charge on any atom is 0.312 e. The van der Waals surface area contributed by atoms with E-state index < -0.39 is 35.5 Å². The zero-order valence-corrected chi connectivity index (χ0v) is 16.6. The Kier molecular flexibility index (Phi) is 6.44. The maximum absolute atomic E-state index is 13.3. The summed E-state index contributed by atoms with van der Waals surface area (Å²) in [5.41, 5.74) is 1.000. The number of anilines is 1. The fourth-order valence-electron chi connectivity index (χ4n) is 3.32. The van der Waals surface area contributed by atoms with E-state index in [-0.39, 0.29) is 30.6 Å². The number of likely N-dealkylation sites (tertiary alicyclic amines) is 1. The van der Waals surface area contributed by atoms with Gasteiger partial charge < -0.3 is 15.0 Å². The Morgan fingerprint density at radius 1 is 1.10 bits per heavy atom. The van der Waals surface area contributed by atoms with E-state index in [2.05, 4.69) is 5.32 Å². The smallest absolute Gasteiger partial charge is 0.312 e. The van der Waals surface area contributed by atoms with Crippen molar-refractivity contribution in [2.24, 2.45) is 5.92 Å². The lowest BCUT2D eigenvalue weighted by Crippen LogP contribution is -2.33. The largest absolute Gasteiger partial charge is 0.452 e. The minimum atomic E-state index is -1.17. The van der Waals surface area contributed by atoms with Crippen LogP contribution >= 0.6 is 0 Å². The van der Waals surface area contributed by atoms with Crippen LogP contribution in [0.1, 0.15) is 31.9 Å². The second kappa shape index (κ2) is 9.02. The molecule has 1 aliphatic heterocycles. The van der Waals surface area contributed by atoms with Gasteiger partial charge in [0, 0.05) is 24.7 Å². The zero-order chi connectivity index (χ0) is 21.8. The Balaban J connectivity index is 1.56. The van der Waals surface area contributed by atoms with Crippen molar-refractivity contribution < 1.29 is 27.9 Å². The molecule has 30 heavy (non-hydrogen) atoms. The summed E-state index contributed by atoms with van der Waals surface area (Å²) in [6, 6.07) is 12.2. The van der Waals surface area contributed by atoms with E-state index in [1.54, 1.807) is 4.90 Å². The fraction of sp³-hybridized carbons (Fsp3) is 0.318. The van der Waals surface area contributed by atoms with Crippen LogP contribution in [0.2, 0.25) is 0 Å². The quantitative estimate of drug-likeness (QED) is 0.732. The molecule has 2 aromatic rings. The molecule has 2 aromatic carbocycles. The molecule has 1 fully saturated rings. The Hall–Kier alpha value is -3.29. The third-order valence-electron chi connectivity index (χ3n) is 5.09. The van der Waals surface area contributed by atoms with Gasteiger partial charge in [-0.1, -0.05) is 30.3 Å². The molecular weight excluding hydrogens is 394 g/mol. The number of amides is 2. The summed E-state index contributed by atoms with van der Waals surface area (Å²) in [6.45, 7) is 3.46. The Bertz CT molecular complexity index is 951. The zero-order valence-electron chi connectivity index (χ0n) is 16.6. The average molecular weight is 416 g/mol. The summed E-state index contributed by atoms with van der Waals surface area (Å²) >= 11 is 0. The van der Waals surface area contributed by atoms with Gasteiger partial charge in [-0.15, -0.1) is 0 Å². The third kappa shape index (κ3) is 4.82. The molecule has 0 aromatic heterocycles. The summed E-state index contributed by atoms with van der Waals surface area (Å²) in [5.74, 6) is -4.32. The van der Waals surface area contributed by atoms with Crippen molar-refractivity contribution in [3.8, 4) is 0 Å². The lowest BCUT2D eigenvalue weighted by atomic mass is 10.1. The summed E-state index contributed by atoms with van der Waals surface area (Å²) in [4.78, 5) is 38.7. The van der Waals surface area contributed by atoms with Crippen LogP contribution in [-0.4, -0.2) is 35.3 Å². The van der Waals surface area contributed by atoms with Gasteiger partial charge in [-0.05, 0) is 31.5 Å². The van der Waals surface area contributed by atoms with Crippen molar-refractivity contribution in [2.45, 2.75) is 32.4 Å². The second-order valence-electron chi connectivity index (χ2n) is 7.23. The number of rotatable bonds is 6. The Morgan fingerprint density at radius 3 is 2.47 bits per heavy atom. The molecule has 0 radical (unpaired) electrons. The van der Waals surface area contributed by atoms with E-state index in [9.17, 15) is 23.2 Å². The highest BCUT2D eigenvalue weighted by atomic mass is 19.2. The standard InChI is InChI=1S/C22H22F2N2O4/c1-13(15-6-4-3-5-7-15)26-12-16(10-20(26)27)22(29)30-14(2)21(28)25-17-8-9-18(23)19(24)11-17/h3-9,11,13-14,16H,10,12H2,1-2H3,(H,25,28)/t13-,14+,16+/m1/s1. The van der Waals surface area contributed by atoms with Gasteiger partial charge in [-0.2, -0.15) is 0 Å². The highest BCUT2D eigenvalue weighted by Crippen LogP contribution is 2.29. The molecule has 1 N–H and O–H groups in total. The van der Waals surface area contributed by atoms with Crippen LogP contribution < -0.4 is 5.32 Å². The number of hydrogen-bond donors (Lipinski definition) is 1. The highest BCUT2D eigenvalue weighted by molar-refractivity contribution is 5.95. The summed E-state index contributed by atoms with van der Waals surface area (Å²) in [5, 5.41) is 2.36. The molecule has 3 atom stereocenters. The molecule has 1 aliphatic rings. The molecule has 3 rings (SSSR count). The molecule has 2 amide bonds. The number of ether oxygens (including phenoxy) is 1. The van der Waals surface area contributed by atoms with Crippen LogP contribution in [0.25, 0.3) is 0 Å².